The number of halogens is 1. The van der Waals surface area contributed by atoms with E-state index in [0.29, 0.717) is 19.1 Å². The van der Waals surface area contributed by atoms with Crippen LogP contribution in [0.15, 0.2) is 23.5 Å². The van der Waals surface area contributed by atoms with Gasteiger partial charge in [-0.05, 0) is 18.9 Å². The predicted molar refractivity (Wildman–Crippen MR) is 113 cm³/mol. The van der Waals surface area contributed by atoms with E-state index in [4.69, 9.17) is 4.74 Å². The number of anilines is 1. The van der Waals surface area contributed by atoms with Crippen LogP contribution in [0.1, 0.15) is 20.8 Å². The second kappa shape index (κ2) is 12.2. The third-order valence-corrected chi connectivity index (χ3v) is 3.70. The molecule has 25 heavy (non-hydrogen) atoms. The lowest BCUT2D eigenvalue weighted by Crippen LogP contribution is -2.53. The lowest BCUT2D eigenvalue weighted by atomic mass is 10.2. The van der Waals surface area contributed by atoms with Gasteiger partial charge in [0.2, 0.25) is 5.95 Å². The number of nitrogens with zero attached hydrogens (tertiary/aromatic N) is 5. The first kappa shape index (κ1) is 21.9. The van der Waals surface area contributed by atoms with Crippen molar-refractivity contribution < 1.29 is 4.74 Å². The molecule has 0 unspecified atom stereocenters. The lowest BCUT2D eigenvalue weighted by molar-refractivity contribution is 0.116. The molecule has 0 saturated carbocycles. The van der Waals surface area contributed by atoms with E-state index in [9.17, 15) is 0 Å². The SMILES string of the molecule is CCNC(=NCCOCC(C)C)N1CCN(c2ncccn2)CC1.I. The van der Waals surface area contributed by atoms with E-state index < -0.39 is 0 Å². The summed E-state index contributed by atoms with van der Waals surface area (Å²) < 4.78 is 5.61. The third-order valence-electron chi connectivity index (χ3n) is 3.70. The van der Waals surface area contributed by atoms with Crippen molar-refractivity contribution in [1.82, 2.24) is 20.2 Å². The van der Waals surface area contributed by atoms with E-state index in [1.165, 1.54) is 0 Å². The van der Waals surface area contributed by atoms with Crippen molar-refractivity contribution in [2.24, 2.45) is 10.9 Å². The molecule has 1 saturated heterocycles. The van der Waals surface area contributed by atoms with Crippen LogP contribution in [-0.2, 0) is 4.74 Å². The molecule has 1 N–H and O–H groups in total. The zero-order chi connectivity index (χ0) is 17.2. The quantitative estimate of drug-likeness (QED) is 0.289. The minimum Gasteiger partial charge on any atom is -0.379 e. The Morgan fingerprint density at radius 3 is 2.52 bits per heavy atom. The Morgan fingerprint density at radius 1 is 1.24 bits per heavy atom. The van der Waals surface area contributed by atoms with E-state index in [-0.39, 0.29) is 24.0 Å². The fourth-order valence-electron chi connectivity index (χ4n) is 2.53. The molecular formula is C17H31IN6O. The molecular weight excluding hydrogens is 431 g/mol. The van der Waals surface area contributed by atoms with Crippen LogP contribution in [0.25, 0.3) is 0 Å². The maximum absolute atomic E-state index is 5.61. The van der Waals surface area contributed by atoms with Crippen molar-refractivity contribution in [2.75, 3.05) is 57.4 Å². The fourth-order valence-corrected chi connectivity index (χ4v) is 2.53. The third kappa shape index (κ3) is 7.72. The van der Waals surface area contributed by atoms with Crippen molar-refractivity contribution in [1.29, 1.82) is 0 Å². The molecule has 1 fully saturated rings. The Kier molecular flexibility index (Phi) is 10.7. The van der Waals surface area contributed by atoms with Gasteiger partial charge >= 0.3 is 0 Å². The maximum Gasteiger partial charge on any atom is 0.225 e. The summed E-state index contributed by atoms with van der Waals surface area (Å²) in [6, 6.07) is 1.84. The molecule has 0 atom stereocenters. The van der Waals surface area contributed by atoms with Crippen molar-refractivity contribution in [3.05, 3.63) is 18.5 Å². The topological polar surface area (TPSA) is 65.9 Å². The minimum absolute atomic E-state index is 0. The average Bonchev–Trinajstić information content (AvgIpc) is 2.61. The second-order valence-electron chi connectivity index (χ2n) is 6.23. The number of ether oxygens (including phenoxy) is 1. The van der Waals surface area contributed by atoms with Gasteiger partial charge in [-0.1, -0.05) is 13.8 Å². The number of aliphatic imine (C=N–C) groups is 1. The monoisotopic (exact) mass is 462 g/mol. The Bertz CT molecular complexity index is 491. The number of aromatic nitrogens is 2. The van der Waals surface area contributed by atoms with Gasteiger partial charge < -0.3 is 19.9 Å². The zero-order valence-electron chi connectivity index (χ0n) is 15.5. The van der Waals surface area contributed by atoms with Crippen LogP contribution in [0.5, 0.6) is 0 Å². The fraction of sp³-hybridized carbons (Fsp3) is 0.706. The Labute approximate surface area is 168 Å². The number of rotatable bonds is 7. The van der Waals surface area contributed by atoms with Gasteiger partial charge in [-0.3, -0.25) is 4.99 Å². The molecule has 1 aliphatic rings. The molecule has 2 rings (SSSR count). The van der Waals surface area contributed by atoms with E-state index in [1.54, 1.807) is 12.4 Å². The molecule has 0 radical (unpaired) electrons. The van der Waals surface area contributed by atoms with Gasteiger partial charge in [0.15, 0.2) is 5.96 Å². The highest BCUT2D eigenvalue weighted by atomic mass is 127. The standard InChI is InChI=1S/C17H30N6O.HI/c1-4-18-16(21-8-13-24-14-15(2)3)22-9-11-23(12-10-22)17-19-6-5-7-20-17;/h5-7,15H,4,8-14H2,1-3H3,(H,18,21);1H. The molecule has 1 aromatic heterocycles. The molecule has 0 bridgehead atoms. The van der Waals surface area contributed by atoms with Crippen LogP contribution in [0, 0.1) is 5.92 Å². The van der Waals surface area contributed by atoms with Gasteiger partial charge in [0.25, 0.3) is 0 Å². The second-order valence-corrected chi connectivity index (χ2v) is 6.23. The minimum atomic E-state index is 0. The van der Waals surface area contributed by atoms with Crippen LogP contribution in [0.3, 0.4) is 0 Å². The number of hydrogen-bond donors (Lipinski definition) is 1. The number of nitrogens with one attached hydrogen (secondary N) is 1. The number of hydrogen-bond acceptors (Lipinski definition) is 5. The van der Waals surface area contributed by atoms with Gasteiger partial charge in [-0.25, -0.2) is 9.97 Å². The van der Waals surface area contributed by atoms with Crippen molar-refractivity contribution in [2.45, 2.75) is 20.8 Å². The maximum atomic E-state index is 5.61. The summed E-state index contributed by atoms with van der Waals surface area (Å²) in [6.07, 6.45) is 3.58. The number of guanidine groups is 1. The van der Waals surface area contributed by atoms with Crippen LogP contribution in [0.4, 0.5) is 5.95 Å². The van der Waals surface area contributed by atoms with Gasteiger partial charge in [0, 0.05) is 51.7 Å². The van der Waals surface area contributed by atoms with Crippen LogP contribution < -0.4 is 10.2 Å². The number of piperazine rings is 1. The first-order valence-corrected chi connectivity index (χ1v) is 8.83. The Morgan fingerprint density at radius 2 is 1.92 bits per heavy atom. The van der Waals surface area contributed by atoms with E-state index >= 15 is 0 Å². The summed E-state index contributed by atoms with van der Waals surface area (Å²) in [7, 11) is 0. The first-order chi connectivity index (χ1) is 11.7. The molecule has 8 heteroatoms. The smallest absolute Gasteiger partial charge is 0.225 e. The summed E-state index contributed by atoms with van der Waals surface area (Å²) in [4.78, 5) is 17.9. The van der Waals surface area contributed by atoms with Gasteiger partial charge in [-0.2, -0.15) is 0 Å². The van der Waals surface area contributed by atoms with Crippen LogP contribution in [-0.4, -0.2) is 73.3 Å². The average molecular weight is 462 g/mol. The van der Waals surface area contributed by atoms with E-state index in [1.807, 2.05) is 6.07 Å². The summed E-state index contributed by atoms with van der Waals surface area (Å²) in [6.45, 7) is 13.1. The van der Waals surface area contributed by atoms with Crippen LogP contribution in [0.2, 0.25) is 0 Å². The molecule has 2 heterocycles. The van der Waals surface area contributed by atoms with E-state index in [2.05, 4.69) is 50.8 Å². The van der Waals surface area contributed by atoms with Gasteiger partial charge in [-0.15, -0.1) is 24.0 Å². The Balaban J connectivity index is 0.00000312. The lowest BCUT2D eigenvalue weighted by Gasteiger charge is -2.36. The first-order valence-electron chi connectivity index (χ1n) is 8.83. The highest BCUT2D eigenvalue weighted by molar-refractivity contribution is 14.0. The van der Waals surface area contributed by atoms with Gasteiger partial charge in [0.1, 0.15) is 0 Å². The molecule has 1 aromatic rings. The predicted octanol–water partition coefficient (Wildman–Crippen LogP) is 1.85. The normalized spacial score (nSPS) is 15.3. The molecule has 7 nitrogen and oxygen atoms in total. The van der Waals surface area contributed by atoms with Crippen molar-refractivity contribution in [3.8, 4) is 0 Å². The molecule has 1 aliphatic heterocycles. The summed E-state index contributed by atoms with van der Waals surface area (Å²) in [5.74, 6) is 2.34. The highest BCUT2D eigenvalue weighted by Gasteiger charge is 2.20. The molecule has 0 spiro atoms. The highest BCUT2D eigenvalue weighted by Crippen LogP contribution is 2.09. The molecule has 142 valence electrons. The summed E-state index contributed by atoms with van der Waals surface area (Å²) in [5, 5.41) is 3.38. The van der Waals surface area contributed by atoms with Crippen LogP contribution >= 0.6 is 24.0 Å². The van der Waals surface area contributed by atoms with Crippen molar-refractivity contribution in [3.63, 3.8) is 0 Å². The molecule has 0 aliphatic carbocycles. The summed E-state index contributed by atoms with van der Waals surface area (Å²) in [5.41, 5.74) is 0. The van der Waals surface area contributed by atoms with Gasteiger partial charge in [0.05, 0.1) is 13.2 Å². The molecule has 0 amide bonds. The van der Waals surface area contributed by atoms with E-state index in [0.717, 1.165) is 51.2 Å². The zero-order valence-corrected chi connectivity index (χ0v) is 17.8. The van der Waals surface area contributed by atoms with Crippen molar-refractivity contribution >= 4 is 35.9 Å². The largest absolute Gasteiger partial charge is 0.379 e. The Hall–Kier alpha value is -1.16. The molecule has 0 aromatic carbocycles. The summed E-state index contributed by atoms with van der Waals surface area (Å²) >= 11 is 0.